The van der Waals surface area contributed by atoms with Crippen LogP contribution in [0.25, 0.3) is 17.4 Å². The first kappa shape index (κ1) is 16.9. The Morgan fingerprint density at radius 3 is 2.81 bits per heavy atom. The van der Waals surface area contributed by atoms with E-state index in [1.54, 1.807) is 36.7 Å². The summed E-state index contributed by atoms with van der Waals surface area (Å²) in [6, 6.07) is 14.0. The molecule has 0 saturated carbocycles. The Labute approximate surface area is 156 Å². The van der Waals surface area contributed by atoms with Crippen LogP contribution in [0.15, 0.2) is 75.9 Å². The third-order valence-corrected chi connectivity index (χ3v) is 4.42. The van der Waals surface area contributed by atoms with Gasteiger partial charge in [-0.05, 0) is 54.8 Å². The number of pyridine rings is 1. The predicted octanol–water partition coefficient (Wildman–Crippen LogP) is 4.92. The summed E-state index contributed by atoms with van der Waals surface area (Å²) in [6.07, 6.45) is 7.38. The van der Waals surface area contributed by atoms with Crippen LogP contribution in [0.5, 0.6) is 0 Å². The van der Waals surface area contributed by atoms with Crippen molar-refractivity contribution in [1.82, 2.24) is 4.98 Å². The van der Waals surface area contributed by atoms with Gasteiger partial charge in [0.25, 0.3) is 5.69 Å². The number of nitro groups is 1. The third kappa shape index (κ3) is 3.55. The highest BCUT2D eigenvalue weighted by atomic mass is 16.6. The first-order chi connectivity index (χ1) is 13.2. The minimum absolute atomic E-state index is 0.0290. The molecule has 0 atom stereocenters. The zero-order chi connectivity index (χ0) is 18.6. The summed E-state index contributed by atoms with van der Waals surface area (Å²) >= 11 is 0. The van der Waals surface area contributed by atoms with Crippen molar-refractivity contribution < 1.29 is 9.34 Å². The predicted molar refractivity (Wildman–Crippen MR) is 104 cm³/mol. The van der Waals surface area contributed by atoms with Gasteiger partial charge in [-0.3, -0.25) is 20.1 Å². The van der Waals surface area contributed by atoms with Crippen molar-refractivity contribution in [3.05, 3.63) is 87.9 Å². The summed E-state index contributed by atoms with van der Waals surface area (Å²) in [6.45, 7) is 0.793. The van der Waals surface area contributed by atoms with Gasteiger partial charge in [-0.2, -0.15) is 0 Å². The Hall–Kier alpha value is -3.54. The SMILES string of the molecule is O=[N+]([O-])c1ccccc1-c1ccc(/C=C2/CCCN=C2c2cccnc2)o1. The van der Waals surface area contributed by atoms with Crippen LogP contribution in [-0.2, 0) is 0 Å². The molecule has 0 spiro atoms. The van der Waals surface area contributed by atoms with Crippen molar-refractivity contribution in [3.8, 4) is 11.3 Å². The highest BCUT2D eigenvalue weighted by Gasteiger charge is 2.18. The Bertz CT molecular complexity index is 1040. The first-order valence-electron chi connectivity index (χ1n) is 8.72. The number of rotatable bonds is 4. The highest BCUT2D eigenvalue weighted by Crippen LogP contribution is 2.32. The van der Waals surface area contributed by atoms with Gasteiger partial charge in [0.15, 0.2) is 0 Å². The molecule has 0 fully saturated rings. The van der Waals surface area contributed by atoms with Crippen molar-refractivity contribution in [3.63, 3.8) is 0 Å². The maximum atomic E-state index is 11.2. The Kier molecular flexibility index (Phi) is 4.61. The number of aromatic nitrogens is 1. The summed E-state index contributed by atoms with van der Waals surface area (Å²) in [4.78, 5) is 19.7. The quantitative estimate of drug-likeness (QED) is 0.489. The Morgan fingerprint density at radius 1 is 1.11 bits per heavy atom. The fraction of sp³-hybridized carbons (Fsp3) is 0.143. The van der Waals surface area contributed by atoms with Gasteiger partial charge in [0.05, 0.1) is 16.2 Å². The number of para-hydroxylation sites is 1. The average Bonchev–Trinajstić information content (AvgIpc) is 3.17. The molecule has 0 bridgehead atoms. The van der Waals surface area contributed by atoms with Gasteiger partial charge in [0.1, 0.15) is 11.5 Å². The topological polar surface area (TPSA) is 81.5 Å². The van der Waals surface area contributed by atoms with Crippen molar-refractivity contribution in [1.29, 1.82) is 0 Å². The van der Waals surface area contributed by atoms with E-state index in [4.69, 9.17) is 4.42 Å². The van der Waals surface area contributed by atoms with Crippen LogP contribution in [0.2, 0.25) is 0 Å². The van der Waals surface area contributed by atoms with Crippen LogP contribution >= 0.6 is 0 Å². The van der Waals surface area contributed by atoms with Crippen LogP contribution in [-0.4, -0.2) is 22.2 Å². The number of nitro benzene ring substituents is 1. The van der Waals surface area contributed by atoms with Gasteiger partial charge in [-0.25, -0.2) is 0 Å². The third-order valence-electron chi connectivity index (χ3n) is 4.42. The van der Waals surface area contributed by atoms with Crippen LogP contribution in [0, 0.1) is 10.1 Å². The second kappa shape index (κ2) is 7.37. The van der Waals surface area contributed by atoms with E-state index in [9.17, 15) is 10.1 Å². The van der Waals surface area contributed by atoms with Gasteiger partial charge in [-0.15, -0.1) is 0 Å². The van der Waals surface area contributed by atoms with E-state index in [-0.39, 0.29) is 5.69 Å². The van der Waals surface area contributed by atoms with E-state index in [2.05, 4.69) is 9.98 Å². The summed E-state index contributed by atoms with van der Waals surface area (Å²) in [5, 5.41) is 11.2. The number of benzene rings is 1. The van der Waals surface area contributed by atoms with Crippen LogP contribution in [0.4, 0.5) is 5.69 Å². The normalized spacial score (nSPS) is 15.6. The largest absolute Gasteiger partial charge is 0.456 e. The molecule has 2 aromatic heterocycles. The minimum Gasteiger partial charge on any atom is -0.456 e. The van der Waals surface area contributed by atoms with Crippen molar-refractivity contribution >= 4 is 17.5 Å². The average molecular weight is 359 g/mol. The molecule has 27 heavy (non-hydrogen) atoms. The highest BCUT2D eigenvalue weighted by molar-refractivity contribution is 6.15. The summed E-state index contributed by atoms with van der Waals surface area (Å²) in [7, 11) is 0. The molecule has 6 nitrogen and oxygen atoms in total. The molecular formula is C21H17N3O3. The number of aliphatic imine (C=N–C) groups is 1. The lowest BCUT2D eigenvalue weighted by molar-refractivity contribution is -0.384. The van der Waals surface area contributed by atoms with E-state index in [0.717, 1.165) is 36.2 Å². The molecular weight excluding hydrogens is 342 g/mol. The molecule has 0 N–H and O–H groups in total. The molecule has 1 aliphatic heterocycles. The van der Waals surface area contributed by atoms with Crippen LogP contribution in [0.1, 0.15) is 24.2 Å². The summed E-state index contributed by atoms with van der Waals surface area (Å²) in [5.41, 5.74) is 3.49. The van der Waals surface area contributed by atoms with Gasteiger partial charge in [0, 0.05) is 30.6 Å². The molecule has 4 rings (SSSR count). The Morgan fingerprint density at radius 2 is 2.00 bits per heavy atom. The molecule has 1 aliphatic rings. The second-order valence-corrected chi connectivity index (χ2v) is 6.22. The summed E-state index contributed by atoms with van der Waals surface area (Å²) < 4.78 is 5.90. The van der Waals surface area contributed by atoms with E-state index in [0.29, 0.717) is 17.1 Å². The van der Waals surface area contributed by atoms with E-state index in [1.807, 2.05) is 24.3 Å². The number of furan rings is 1. The second-order valence-electron chi connectivity index (χ2n) is 6.22. The molecule has 134 valence electrons. The van der Waals surface area contributed by atoms with Crippen molar-refractivity contribution in [2.75, 3.05) is 6.54 Å². The number of nitrogens with zero attached hydrogens (tertiary/aromatic N) is 3. The lowest BCUT2D eigenvalue weighted by Crippen LogP contribution is -2.11. The molecule has 3 aromatic rings. The van der Waals surface area contributed by atoms with E-state index < -0.39 is 4.92 Å². The maximum absolute atomic E-state index is 11.2. The Balaban J connectivity index is 1.69. The van der Waals surface area contributed by atoms with Crippen LogP contribution in [0.3, 0.4) is 0 Å². The fourth-order valence-corrected chi connectivity index (χ4v) is 3.19. The monoisotopic (exact) mass is 359 g/mol. The minimum atomic E-state index is -0.399. The molecule has 0 unspecified atom stereocenters. The molecule has 0 aliphatic carbocycles. The molecule has 0 saturated heterocycles. The zero-order valence-electron chi connectivity index (χ0n) is 14.5. The van der Waals surface area contributed by atoms with Crippen molar-refractivity contribution in [2.45, 2.75) is 12.8 Å². The van der Waals surface area contributed by atoms with E-state index >= 15 is 0 Å². The zero-order valence-corrected chi connectivity index (χ0v) is 14.5. The van der Waals surface area contributed by atoms with Gasteiger partial charge < -0.3 is 4.42 Å². The van der Waals surface area contributed by atoms with Crippen molar-refractivity contribution in [2.24, 2.45) is 4.99 Å². The fourth-order valence-electron chi connectivity index (χ4n) is 3.19. The number of hydrogen-bond donors (Lipinski definition) is 0. The first-order valence-corrected chi connectivity index (χ1v) is 8.72. The molecule has 0 radical (unpaired) electrons. The molecule has 3 heterocycles. The van der Waals surface area contributed by atoms with E-state index in [1.165, 1.54) is 6.07 Å². The summed E-state index contributed by atoms with van der Waals surface area (Å²) in [5.74, 6) is 1.13. The van der Waals surface area contributed by atoms with Crippen LogP contribution < -0.4 is 0 Å². The smallest absolute Gasteiger partial charge is 0.280 e. The van der Waals surface area contributed by atoms with Gasteiger partial charge in [0.2, 0.25) is 0 Å². The number of hydrogen-bond acceptors (Lipinski definition) is 5. The number of allylic oxidation sites excluding steroid dienone is 1. The molecule has 1 aromatic carbocycles. The lowest BCUT2D eigenvalue weighted by atomic mass is 9.96. The maximum Gasteiger partial charge on any atom is 0.280 e. The van der Waals surface area contributed by atoms with Gasteiger partial charge >= 0.3 is 0 Å². The van der Waals surface area contributed by atoms with Gasteiger partial charge in [-0.1, -0.05) is 12.1 Å². The standard InChI is InChI=1S/C21H17N3O3/c25-24(26)19-8-2-1-7-18(19)20-10-9-17(27-20)13-15-5-4-12-23-21(15)16-6-3-11-22-14-16/h1-3,6-11,13-14H,4-5,12H2/b15-13-. The molecule has 0 amide bonds. The lowest BCUT2D eigenvalue weighted by Gasteiger charge is -2.15. The molecule has 6 heteroatoms.